The lowest BCUT2D eigenvalue weighted by atomic mass is 9.70. The van der Waals surface area contributed by atoms with Crippen LogP contribution in [0.25, 0.3) is 21.5 Å². The molecule has 0 N–H and O–H groups in total. The Morgan fingerprint density at radius 1 is 0.517 bits per heavy atom. The van der Waals surface area contributed by atoms with Crippen molar-refractivity contribution in [3.8, 4) is 0 Å². The van der Waals surface area contributed by atoms with Crippen LogP contribution >= 0.6 is 0 Å². The summed E-state index contributed by atoms with van der Waals surface area (Å²) in [4.78, 5) is 0. The average molecular weight is 381 g/mol. The predicted molar refractivity (Wildman–Crippen MR) is 128 cm³/mol. The van der Waals surface area contributed by atoms with Crippen LogP contribution in [0.3, 0.4) is 0 Å². The summed E-state index contributed by atoms with van der Waals surface area (Å²) in [5.74, 6) is 0. The third kappa shape index (κ3) is 3.06. The SMILES string of the molecule is Cc1ccc2c(C(C)(C)c3c(C)c(C)cc4cc(C)ccc34)c(C)c(C)cc2c1. The van der Waals surface area contributed by atoms with Gasteiger partial charge in [-0.15, -0.1) is 0 Å². The van der Waals surface area contributed by atoms with Crippen LogP contribution in [0.4, 0.5) is 0 Å². The second-order valence-electron chi connectivity index (χ2n) is 9.46. The van der Waals surface area contributed by atoms with Crippen LogP contribution in [0.15, 0.2) is 48.5 Å². The number of rotatable bonds is 2. The molecule has 0 spiro atoms. The summed E-state index contributed by atoms with van der Waals surface area (Å²) in [6.45, 7) is 18.3. The Bertz CT molecular complexity index is 1170. The zero-order chi connectivity index (χ0) is 21.1. The highest BCUT2D eigenvalue weighted by atomic mass is 14.3. The van der Waals surface area contributed by atoms with Crippen molar-refractivity contribution in [2.45, 2.75) is 60.8 Å². The van der Waals surface area contributed by atoms with Crippen molar-refractivity contribution in [3.05, 3.63) is 93.0 Å². The van der Waals surface area contributed by atoms with Gasteiger partial charge in [0.1, 0.15) is 0 Å². The standard InChI is InChI=1S/C29H32/c1-17-9-11-25-23(13-17)15-19(3)21(5)27(25)29(7,8)28-22(6)20(4)16-24-14-18(2)10-12-26(24)28/h9-16H,1-8H3. The van der Waals surface area contributed by atoms with Crippen LogP contribution in [0.5, 0.6) is 0 Å². The first-order valence-corrected chi connectivity index (χ1v) is 10.6. The van der Waals surface area contributed by atoms with Gasteiger partial charge in [0.2, 0.25) is 0 Å². The van der Waals surface area contributed by atoms with Gasteiger partial charge in [-0.25, -0.2) is 0 Å². The average Bonchev–Trinajstić information content (AvgIpc) is 2.63. The third-order valence-corrected chi connectivity index (χ3v) is 6.88. The van der Waals surface area contributed by atoms with Crippen LogP contribution in [-0.2, 0) is 5.41 Å². The van der Waals surface area contributed by atoms with Crippen molar-refractivity contribution < 1.29 is 0 Å². The van der Waals surface area contributed by atoms with Crippen molar-refractivity contribution >= 4 is 21.5 Å². The lowest BCUT2D eigenvalue weighted by Gasteiger charge is -2.34. The molecule has 0 atom stereocenters. The van der Waals surface area contributed by atoms with E-state index in [0.717, 1.165) is 0 Å². The van der Waals surface area contributed by atoms with Gasteiger partial charge in [-0.2, -0.15) is 0 Å². The molecular weight excluding hydrogens is 348 g/mol. The summed E-state index contributed by atoms with van der Waals surface area (Å²) < 4.78 is 0. The van der Waals surface area contributed by atoms with E-state index in [2.05, 4.69) is 104 Å². The first kappa shape index (κ1) is 19.7. The number of hydrogen-bond acceptors (Lipinski definition) is 0. The summed E-state index contributed by atoms with van der Waals surface area (Å²) in [6, 6.07) is 18.5. The molecule has 0 aromatic heterocycles. The molecule has 4 aromatic carbocycles. The van der Waals surface area contributed by atoms with E-state index in [4.69, 9.17) is 0 Å². The number of hydrogen-bond donors (Lipinski definition) is 0. The highest BCUT2D eigenvalue weighted by Crippen LogP contribution is 2.44. The van der Waals surface area contributed by atoms with E-state index in [9.17, 15) is 0 Å². The van der Waals surface area contributed by atoms with E-state index in [1.165, 1.54) is 66.1 Å². The summed E-state index contributed by atoms with van der Waals surface area (Å²) >= 11 is 0. The summed E-state index contributed by atoms with van der Waals surface area (Å²) in [6.07, 6.45) is 0. The molecule has 0 heteroatoms. The highest BCUT2D eigenvalue weighted by molar-refractivity contribution is 5.94. The molecule has 29 heavy (non-hydrogen) atoms. The Kier molecular flexibility index (Phi) is 4.57. The van der Waals surface area contributed by atoms with Crippen molar-refractivity contribution in [3.63, 3.8) is 0 Å². The second kappa shape index (κ2) is 6.73. The molecule has 0 aliphatic carbocycles. The van der Waals surface area contributed by atoms with Gasteiger partial charge in [0.25, 0.3) is 0 Å². The van der Waals surface area contributed by atoms with Gasteiger partial charge in [-0.3, -0.25) is 0 Å². The van der Waals surface area contributed by atoms with E-state index in [-0.39, 0.29) is 5.41 Å². The topological polar surface area (TPSA) is 0 Å². The van der Waals surface area contributed by atoms with Crippen molar-refractivity contribution in [2.24, 2.45) is 0 Å². The van der Waals surface area contributed by atoms with E-state index in [0.29, 0.717) is 0 Å². The lowest BCUT2D eigenvalue weighted by molar-refractivity contribution is 0.642. The fraction of sp³-hybridized carbons (Fsp3) is 0.310. The third-order valence-electron chi connectivity index (χ3n) is 6.88. The minimum Gasteiger partial charge on any atom is -0.0587 e. The Labute approximate surface area is 175 Å². The van der Waals surface area contributed by atoms with Crippen LogP contribution in [-0.4, -0.2) is 0 Å². The maximum absolute atomic E-state index is 2.41. The molecular formula is C29H32. The van der Waals surface area contributed by atoms with Crippen molar-refractivity contribution in [1.29, 1.82) is 0 Å². The van der Waals surface area contributed by atoms with Gasteiger partial charge in [0, 0.05) is 5.41 Å². The van der Waals surface area contributed by atoms with Gasteiger partial charge >= 0.3 is 0 Å². The Morgan fingerprint density at radius 2 is 0.897 bits per heavy atom. The largest absolute Gasteiger partial charge is 0.0587 e. The molecule has 0 bridgehead atoms. The second-order valence-corrected chi connectivity index (χ2v) is 9.46. The zero-order valence-corrected chi connectivity index (χ0v) is 19.1. The van der Waals surface area contributed by atoms with Gasteiger partial charge in [0.05, 0.1) is 0 Å². The number of benzene rings is 4. The summed E-state index contributed by atoms with van der Waals surface area (Å²) in [7, 11) is 0. The normalized spacial score (nSPS) is 12.1. The van der Waals surface area contributed by atoms with Crippen molar-refractivity contribution in [2.75, 3.05) is 0 Å². The molecule has 0 saturated carbocycles. The molecule has 4 rings (SSSR count). The van der Waals surface area contributed by atoms with E-state index >= 15 is 0 Å². The summed E-state index contributed by atoms with van der Waals surface area (Å²) in [5.41, 5.74) is 11.0. The minimum atomic E-state index is -0.104. The Hall–Kier alpha value is -2.60. The van der Waals surface area contributed by atoms with Gasteiger partial charge in [-0.05, 0) is 96.5 Å². The smallest absolute Gasteiger partial charge is 0.0164 e. The Balaban J connectivity index is 2.15. The fourth-order valence-electron chi connectivity index (χ4n) is 5.28. The minimum absolute atomic E-state index is 0.104. The van der Waals surface area contributed by atoms with E-state index in [1.807, 2.05) is 0 Å². The molecule has 0 aliphatic rings. The molecule has 148 valence electrons. The maximum atomic E-state index is 2.41. The van der Waals surface area contributed by atoms with Crippen molar-refractivity contribution in [1.82, 2.24) is 0 Å². The predicted octanol–water partition coefficient (Wildman–Crippen LogP) is 8.17. The van der Waals surface area contributed by atoms with Crippen LogP contribution in [0, 0.1) is 41.5 Å². The molecule has 0 amide bonds. The highest BCUT2D eigenvalue weighted by Gasteiger charge is 2.31. The molecule has 0 heterocycles. The first-order valence-electron chi connectivity index (χ1n) is 10.6. The van der Waals surface area contributed by atoms with Crippen LogP contribution in [0.2, 0.25) is 0 Å². The van der Waals surface area contributed by atoms with Gasteiger partial charge in [-0.1, -0.05) is 73.5 Å². The molecule has 0 fully saturated rings. The molecule has 0 saturated heterocycles. The monoisotopic (exact) mass is 380 g/mol. The molecule has 0 radical (unpaired) electrons. The van der Waals surface area contributed by atoms with Crippen LogP contribution < -0.4 is 0 Å². The Morgan fingerprint density at radius 3 is 1.28 bits per heavy atom. The molecule has 0 nitrogen and oxygen atoms in total. The first-order chi connectivity index (χ1) is 13.6. The number of fused-ring (bicyclic) bond motifs is 2. The summed E-state index contributed by atoms with van der Waals surface area (Å²) in [5, 5.41) is 5.46. The van der Waals surface area contributed by atoms with Gasteiger partial charge in [0.15, 0.2) is 0 Å². The van der Waals surface area contributed by atoms with E-state index in [1.54, 1.807) is 0 Å². The zero-order valence-electron chi connectivity index (χ0n) is 19.1. The lowest BCUT2D eigenvalue weighted by Crippen LogP contribution is -2.23. The van der Waals surface area contributed by atoms with Crippen LogP contribution in [0.1, 0.15) is 58.4 Å². The van der Waals surface area contributed by atoms with Gasteiger partial charge < -0.3 is 0 Å². The maximum Gasteiger partial charge on any atom is 0.0164 e. The van der Waals surface area contributed by atoms with E-state index < -0.39 is 0 Å². The molecule has 0 unspecified atom stereocenters. The number of aryl methyl sites for hydroxylation is 4. The fourth-order valence-corrected chi connectivity index (χ4v) is 5.28. The molecule has 0 aliphatic heterocycles. The molecule has 4 aromatic rings. The quantitative estimate of drug-likeness (QED) is 0.329.